The third-order valence-corrected chi connectivity index (χ3v) is 2.87. The number of furan rings is 1. The first-order valence-corrected chi connectivity index (χ1v) is 6.65. The Bertz CT molecular complexity index is 566. The molecular weight excluding hydrogens is 250 g/mol. The lowest BCUT2D eigenvalue weighted by Gasteiger charge is -2.20. The molecule has 0 unspecified atom stereocenters. The van der Waals surface area contributed by atoms with Crippen LogP contribution >= 0.6 is 0 Å². The first-order chi connectivity index (χ1) is 9.65. The van der Waals surface area contributed by atoms with E-state index in [2.05, 4.69) is 0 Å². The first-order valence-electron chi connectivity index (χ1n) is 6.65. The maximum Gasteiger partial charge on any atom is 0.247 e. The molecule has 3 nitrogen and oxygen atoms in total. The third-order valence-electron chi connectivity index (χ3n) is 2.87. The average Bonchev–Trinajstić information content (AvgIpc) is 2.91. The Hall–Kier alpha value is -2.29. The quantitative estimate of drug-likeness (QED) is 0.774. The van der Waals surface area contributed by atoms with Gasteiger partial charge in [-0.2, -0.15) is 0 Å². The standard InChI is InChI=1S/C17H19NO2/c1-14(2)11-17(19)18(13-16-9-6-10-20-16)12-15-7-4-3-5-8-15/h3-11H,12-13H2,1-2H3. The smallest absolute Gasteiger partial charge is 0.247 e. The highest BCUT2D eigenvalue weighted by Crippen LogP contribution is 2.12. The van der Waals surface area contributed by atoms with Gasteiger partial charge in [-0.15, -0.1) is 0 Å². The monoisotopic (exact) mass is 269 g/mol. The Morgan fingerprint density at radius 1 is 1.10 bits per heavy atom. The number of nitrogens with zero attached hydrogens (tertiary/aromatic N) is 1. The van der Waals surface area contributed by atoms with Crippen LogP contribution in [0.15, 0.2) is 64.8 Å². The molecule has 104 valence electrons. The lowest BCUT2D eigenvalue weighted by Crippen LogP contribution is -2.28. The van der Waals surface area contributed by atoms with Gasteiger partial charge in [-0.3, -0.25) is 4.79 Å². The molecular formula is C17H19NO2. The molecule has 20 heavy (non-hydrogen) atoms. The molecule has 0 aliphatic heterocycles. The molecule has 1 aromatic carbocycles. The van der Waals surface area contributed by atoms with Gasteiger partial charge < -0.3 is 9.32 Å². The molecule has 0 bridgehead atoms. The van der Waals surface area contributed by atoms with E-state index in [1.165, 1.54) is 0 Å². The second kappa shape index (κ2) is 6.75. The normalized spacial score (nSPS) is 10.1. The highest BCUT2D eigenvalue weighted by Gasteiger charge is 2.13. The second-order valence-electron chi connectivity index (χ2n) is 4.98. The molecule has 0 aliphatic rings. The lowest BCUT2D eigenvalue weighted by molar-refractivity contribution is -0.127. The summed E-state index contributed by atoms with van der Waals surface area (Å²) in [6, 6.07) is 13.7. The number of hydrogen-bond donors (Lipinski definition) is 0. The summed E-state index contributed by atoms with van der Waals surface area (Å²) >= 11 is 0. The van der Waals surface area contributed by atoms with Crippen molar-refractivity contribution in [1.29, 1.82) is 0 Å². The fourth-order valence-corrected chi connectivity index (χ4v) is 1.94. The number of benzene rings is 1. The molecule has 1 aromatic heterocycles. The number of rotatable bonds is 5. The summed E-state index contributed by atoms with van der Waals surface area (Å²) in [7, 11) is 0. The van der Waals surface area contributed by atoms with Crippen LogP contribution in [0.5, 0.6) is 0 Å². The molecule has 0 saturated heterocycles. The summed E-state index contributed by atoms with van der Waals surface area (Å²) in [6.45, 7) is 4.89. The highest BCUT2D eigenvalue weighted by molar-refractivity contribution is 5.88. The molecule has 0 radical (unpaired) electrons. The van der Waals surface area contributed by atoms with Crippen LogP contribution in [0.2, 0.25) is 0 Å². The van der Waals surface area contributed by atoms with Gasteiger partial charge in [0.25, 0.3) is 0 Å². The van der Waals surface area contributed by atoms with Crippen LogP contribution < -0.4 is 0 Å². The minimum absolute atomic E-state index is 0.00486. The number of hydrogen-bond acceptors (Lipinski definition) is 2. The van der Waals surface area contributed by atoms with Gasteiger partial charge in [0.05, 0.1) is 12.8 Å². The molecule has 1 amide bonds. The van der Waals surface area contributed by atoms with Crippen molar-refractivity contribution < 1.29 is 9.21 Å². The fraction of sp³-hybridized carbons (Fsp3) is 0.235. The highest BCUT2D eigenvalue weighted by atomic mass is 16.3. The summed E-state index contributed by atoms with van der Waals surface area (Å²) in [6.07, 6.45) is 3.29. The van der Waals surface area contributed by atoms with Crippen molar-refractivity contribution in [3.8, 4) is 0 Å². The van der Waals surface area contributed by atoms with E-state index in [9.17, 15) is 4.79 Å². The van der Waals surface area contributed by atoms with E-state index in [-0.39, 0.29) is 5.91 Å². The predicted octanol–water partition coefficient (Wildman–Crippen LogP) is 3.77. The third kappa shape index (κ3) is 4.12. The van der Waals surface area contributed by atoms with Crippen LogP contribution in [-0.4, -0.2) is 10.8 Å². The second-order valence-corrected chi connectivity index (χ2v) is 4.98. The summed E-state index contributed by atoms with van der Waals surface area (Å²) in [5.74, 6) is 0.793. The van der Waals surface area contributed by atoms with Crippen molar-refractivity contribution in [2.45, 2.75) is 26.9 Å². The van der Waals surface area contributed by atoms with Crippen LogP contribution in [0.25, 0.3) is 0 Å². The van der Waals surface area contributed by atoms with Gasteiger partial charge in [0.15, 0.2) is 0 Å². The zero-order chi connectivity index (χ0) is 14.4. The van der Waals surface area contributed by atoms with Crippen molar-refractivity contribution in [2.24, 2.45) is 0 Å². The molecule has 0 N–H and O–H groups in total. The van der Waals surface area contributed by atoms with Crippen LogP contribution in [0.1, 0.15) is 25.2 Å². The van der Waals surface area contributed by atoms with E-state index in [0.29, 0.717) is 13.1 Å². The van der Waals surface area contributed by atoms with Crippen molar-refractivity contribution in [3.63, 3.8) is 0 Å². The Morgan fingerprint density at radius 2 is 1.85 bits per heavy atom. The van der Waals surface area contributed by atoms with Gasteiger partial charge in [0, 0.05) is 12.6 Å². The molecule has 2 aromatic rings. The van der Waals surface area contributed by atoms with Crippen LogP contribution in [-0.2, 0) is 17.9 Å². The minimum Gasteiger partial charge on any atom is -0.467 e. The van der Waals surface area contributed by atoms with Crippen LogP contribution in [0, 0.1) is 0 Å². The van der Waals surface area contributed by atoms with Crippen molar-refractivity contribution in [3.05, 3.63) is 71.7 Å². The molecule has 2 rings (SSSR count). The number of allylic oxidation sites excluding steroid dienone is 1. The largest absolute Gasteiger partial charge is 0.467 e. The van der Waals surface area contributed by atoms with Crippen molar-refractivity contribution in [1.82, 2.24) is 4.90 Å². The lowest BCUT2D eigenvalue weighted by atomic mass is 10.2. The molecule has 0 saturated carbocycles. The Kier molecular flexibility index (Phi) is 4.77. The topological polar surface area (TPSA) is 33.5 Å². The van der Waals surface area contributed by atoms with E-state index in [0.717, 1.165) is 16.9 Å². The molecule has 3 heteroatoms. The predicted molar refractivity (Wildman–Crippen MR) is 78.8 cm³/mol. The van der Waals surface area contributed by atoms with Gasteiger partial charge in [-0.05, 0) is 31.5 Å². The summed E-state index contributed by atoms with van der Waals surface area (Å²) in [5.41, 5.74) is 2.10. The van der Waals surface area contributed by atoms with E-state index in [1.807, 2.05) is 56.3 Å². The number of amides is 1. The summed E-state index contributed by atoms with van der Waals surface area (Å²) < 4.78 is 5.34. The first kappa shape index (κ1) is 14.1. The maximum absolute atomic E-state index is 12.3. The molecule has 1 heterocycles. The molecule has 0 atom stereocenters. The zero-order valence-corrected chi connectivity index (χ0v) is 11.9. The van der Waals surface area contributed by atoms with Gasteiger partial charge in [0.2, 0.25) is 5.91 Å². The Morgan fingerprint density at radius 3 is 2.45 bits per heavy atom. The number of carbonyl (C=O) groups excluding carboxylic acids is 1. The van der Waals surface area contributed by atoms with E-state index in [1.54, 1.807) is 17.2 Å². The summed E-state index contributed by atoms with van der Waals surface area (Å²) in [4.78, 5) is 14.1. The van der Waals surface area contributed by atoms with Gasteiger partial charge in [-0.1, -0.05) is 35.9 Å². The van der Waals surface area contributed by atoms with Crippen LogP contribution in [0.3, 0.4) is 0 Å². The fourth-order valence-electron chi connectivity index (χ4n) is 1.94. The van der Waals surface area contributed by atoms with E-state index >= 15 is 0 Å². The molecule has 0 fully saturated rings. The Balaban J connectivity index is 2.15. The van der Waals surface area contributed by atoms with E-state index in [4.69, 9.17) is 4.42 Å². The SMILES string of the molecule is CC(C)=CC(=O)N(Cc1ccccc1)Cc1ccco1. The van der Waals surface area contributed by atoms with Gasteiger partial charge >= 0.3 is 0 Å². The summed E-state index contributed by atoms with van der Waals surface area (Å²) in [5, 5.41) is 0. The maximum atomic E-state index is 12.3. The zero-order valence-electron chi connectivity index (χ0n) is 11.9. The molecule has 0 spiro atoms. The van der Waals surface area contributed by atoms with Gasteiger partial charge in [-0.25, -0.2) is 0 Å². The average molecular weight is 269 g/mol. The van der Waals surface area contributed by atoms with Gasteiger partial charge in [0.1, 0.15) is 5.76 Å². The Labute approximate surface area is 119 Å². The minimum atomic E-state index is 0.00486. The van der Waals surface area contributed by atoms with Crippen molar-refractivity contribution in [2.75, 3.05) is 0 Å². The van der Waals surface area contributed by atoms with E-state index < -0.39 is 0 Å². The molecule has 0 aliphatic carbocycles. The van der Waals surface area contributed by atoms with Crippen LogP contribution in [0.4, 0.5) is 0 Å². The van der Waals surface area contributed by atoms with Crippen molar-refractivity contribution >= 4 is 5.91 Å². The number of carbonyl (C=O) groups is 1.